The second-order valence-electron chi connectivity index (χ2n) is 5.42. The van der Waals surface area contributed by atoms with Crippen LogP contribution < -0.4 is 5.32 Å². The van der Waals surface area contributed by atoms with Crippen molar-refractivity contribution in [2.75, 3.05) is 32.5 Å². The molecular formula is C19H22N2O. The molecular weight excluding hydrogens is 272 g/mol. The van der Waals surface area contributed by atoms with Crippen molar-refractivity contribution in [3.05, 3.63) is 71.8 Å². The summed E-state index contributed by atoms with van der Waals surface area (Å²) in [4.78, 5) is 14.2. The Morgan fingerprint density at radius 2 is 1.73 bits per heavy atom. The Labute approximate surface area is 132 Å². The first kappa shape index (κ1) is 16.0. The lowest BCUT2D eigenvalue weighted by atomic mass is 10.1. The summed E-state index contributed by atoms with van der Waals surface area (Å²) in [5.74, 6) is 0.0173. The van der Waals surface area contributed by atoms with Crippen molar-refractivity contribution in [1.82, 2.24) is 4.90 Å². The fourth-order valence-corrected chi connectivity index (χ4v) is 2.01. The molecule has 0 aromatic heterocycles. The van der Waals surface area contributed by atoms with Crippen molar-refractivity contribution in [3.8, 4) is 0 Å². The summed E-state index contributed by atoms with van der Waals surface area (Å²) in [7, 11) is 4.09. The fraction of sp³-hybridized carbons (Fsp3) is 0.211. The smallest absolute Gasteiger partial charge is 0.185 e. The highest BCUT2D eigenvalue weighted by molar-refractivity contribution is 6.06. The first-order valence-electron chi connectivity index (χ1n) is 7.41. The number of hydrogen-bond acceptors (Lipinski definition) is 3. The van der Waals surface area contributed by atoms with Gasteiger partial charge in [-0.05, 0) is 50.0 Å². The van der Waals surface area contributed by atoms with E-state index in [-0.39, 0.29) is 5.78 Å². The molecule has 0 fully saturated rings. The highest BCUT2D eigenvalue weighted by atomic mass is 16.1. The van der Waals surface area contributed by atoms with Crippen LogP contribution in [0.1, 0.15) is 15.9 Å². The van der Waals surface area contributed by atoms with Gasteiger partial charge in [0.15, 0.2) is 5.78 Å². The maximum Gasteiger partial charge on any atom is 0.185 e. The Morgan fingerprint density at radius 1 is 1.05 bits per heavy atom. The molecule has 3 nitrogen and oxygen atoms in total. The van der Waals surface area contributed by atoms with E-state index >= 15 is 0 Å². The van der Waals surface area contributed by atoms with E-state index in [1.54, 1.807) is 6.08 Å². The lowest BCUT2D eigenvalue weighted by Crippen LogP contribution is -2.20. The highest BCUT2D eigenvalue weighted by Gasteiger charge is 2.01. The predicted octanol–water partition coefficient (Wildman–Crippen LogP) is 3.56. The number of likely N-dealkylation sites (N-methyl/N-ethyl adjacent to an activating group) is 1. The van der Waals surface area contributed by atoms with Gasteiger partial charge < -0.3 is 10.2 Å². The Morgan fingerprint density at radius 3 is 2.36 bits per heavy atom. The third-order valence-electron chi connectivity index (χ3n) is 3.28. The number of rotatable bonds is 7. The zero-order chi connectivity index (χ0) is 15.8. The van der Waals surface area contributed by atoms with Gasteiger partial charge in [-0.1, -0.05) is 36.4 Å². The van der Waals surface area contributed by atoms with Crippen molar-refractivity contribution >= 4 is 17.5 Å². The number of allylic oxidation sites excluding steroid dienone is 1. The van der Waals surface area contributed by atoms with Crippen molar-refractivity contribution in [3.63, 3.8) is 0 Å². The molecule has 0 aliphatic rings. The number of carbonyl (C=O) groups excluding carboxylic acids is 1. The summed E-state index contributed by atoms with van der Waals surface area (Å²) in [6.45, 7) is 1.86. The van der Waals surface area contributed by atoms with Crippen LogP contribution in [0.25, 0.3) is 6.08 Å². The quantitative estimate of drug-likeness (QED) is 0.626. The molecule has 2 aromatic carbocycles. The molecule has 0 unspecified atom stereocenters. The second-order valence-corrected chi connectivity index (χ2v) is 5.42. The van der Waals surface area contributed by atoms with E-state index in [0.29, 0.717) is 5.56 Å². The molecule has 0 saturated carbocycles. The van der Waals surface area contributed by atoms with E-state index in [1.165, 1.54) is 0 Å². The van der Waals surface area contributed by atoms with E-state index in [9.17, 15) is 4.79 Å². The number of nitrogens with one attached hydrogen (secondary N) is 1. The van der Waals surface area contributed by atoms with Crippen LogP contribution in [0.2, 0.25) is 0 Å². The summed E-state index contributed by atoms with van der Waals surface area (Å²) in [5, 5.41) is 3.33. The number of carbonyl (C=O) groups is 1. The van der Waals surface area contributed by atoms with Crippen LogP contribution in [-0.2, 0) is 0 Å². The summed E-state index contributed by atoms with van der Waals surface area (Å²) in [5.41, 5.74) is 2.76. The molecule has 0 heterocycles. The molecule has 2 rings (SSSR count). The maximum absolute atomic E-state index is 12.1. The number of anilines is 1. The summed E-state index contributed by atoms with van der Waals surface area (Å²) in [6.07, 6.45) is 3.45. The monoisotopic (exact) mass is 294 g/mol. The molecule has 0 amide bonds. The third-order valence-corrected chi connectivity index (χ3v) is 3.28. The predicted molar refractivity (Wildman–Crippen MR) is 93.3 cm³/mol. The van der Waals surface area contributed by atoms with Crippen LogP contribution in [0.15, 0.2) is 60.7 Å². The van der Waals surface area contributed by atoms with Gasteiger partial charge in [0.25, 0.3) is 0 Å². The molecule has 114 valence electrons. The van der Waals surface area contributed by atoms with Gasteiger partial charge in [-0.25, -0.2) is 0 Å². The minimum atomic E-state index is 0.0173. The first-order valence-corrected chi connectivity index (χ1v) is 7.41. The lowest BCUT2D eigenvalue weighted by Gasteiger charge is -2.11. The number of benzene rings is 2. The van der Waals surface area contributed by atoms with Gasteiger partial charge in [0.2, 0.25) is 0 Å². The van der Waals surface area contributed by atoms with Crippen molar-refractivity contribution in [1.29, 1.82) is 0 Å². The molecule has 0 bridgehead atoms. The maximum atomic E-state index is 12.1. The molecule has 0 atom stereocenters. The van der Waals surface area contributed by atoms with Crippen LogP contribution in [0.4, 0.5) is 5.69 Å². The number of ketones is 1. The zero-order valence-corrected chi connectivity index (χ0v) is 13.1. The van der Waals surface area contributed by atoms with E-state index < -0.39 is 0 Å². The Kier molecular flexibility index (Phi) is 5.92. The molecule has 0 spiro atoms. The zero-order valence-electron chi connectivity index (χ0n) is 13.1. The van der Waals surface area contributed by atoms with E-state index in [4.69, 9.17) is 0 Å². The minimum Gasteiger partial charge on any atom is -0.384 e. The molecule has 3 heteroatoms. The van der Waals surface area contributed by atoms with Crippen molar-refractivity contribution in [2.45, 2.75) is 0 Å². The van der Waals surface area contributed by atoms with Crippen LogP contribution in [0.5, 0.6) is 0 Å². The lowest BCUT2D eigenvalue weighted by molar-refractivity contribution is 0.104. The van der Waals surface area contributed by atoms with Crippen LogP contribution in [-0.4, -0.2) is 37.9 Å². The molecule has 22 heavy (non-hydrogen) atoms. The summed E-state index contributed by atoms with van der Waals surface area (Å²) < 4.78 is 0. The van der Waals surface area contributed by atoms with Gasteiger partial charge in [-0.3, -0.25) is 4.79 Å². The minimum absolute atomic E-state index is 0.0173. The molecule has 1 N–H and O–H groups in total. The molecule has 0 radical (unpaired) electrons. The van der Waals surface area contributed by atoms with Crippen molar-refractivity contribution in [2.24, 2.45) is 0 Å². The largest absolute Gasteiger partial charge is 0.384 e. The normalized spacial score (nSPS) is 11.0. The molecule has 0 aliphatic heterocycles. The van der Waals surface area contributed by atoms with Gasteiger partial charge >= 0.3 is 0 Å². The van der Waals surface area contributed by atoms with Gasteiger partial charge in [-0.2, -0.15) is 0 Å². The van der Waals surface area contributed by atoms with Gasteiger partial charge in [-0.15, -0.1) is 0 Å². The van der Waals surface area contributed by atoms with Gasteiger partial charge in [0.05, 0.1) is 0 Å². The summed E-state index contributed by atoms with van der Waals surface area (Å²) in [6, 6.07) is 17.4. The van der Waals surface area contributed by atoms with E-state index in [0.717, 1.165) is 24.3 Å². The van der Waals surface area contributed by atoms with E-state index in [2.05, 4.69) is 10.2 Å². The van der Waals surface area contributed by atoms with Crippen molar-refractivity contribution < 1.29 is 4.79 Å². The molecule has 2 aromatic rings. The van der Waals surface area contributed by atoms with Crippen LogP contribution in [0.3, 0.4) is 0 Å². The SMILES string of the molecule is CN(C)CCNc1ccc(C(=O)/C=C/c2ccccc2)cc1. The Balaban J connectivity index is 1.92. The fourth-order valence-electron chi connectivity index (χ4n) is 2.01. The number of nitrogens with zero attached hydrogens (tertiary/aromatic N) is 1. The van der Waals surface area contributed by atoms with Crippen LogP contribution >= 0.6 is 0 Å². The Hall–Kier alpha value is -2.39. The third kappa shape index (κ3) is 5.19. The molecule has 0 saturated heterocycles. The van der Waals surface area contributed by atoms with E-state index in [1.807, 2.05) is 74.8 Å². The average molecular weight is 294 g/mol. The van der Waals surface area contributed by atoms with Crippen LogP contribution in [0, 0.1) is 0 Å². The van der Waals surface area contributed by atoms with Gasteiger partial charge in [0, 0.05) is 24.3 Å². The van der Waals surface area contributed by atoms with Gasteiger partial charge in [0.1, 0.15) is 0 Å². The first-order chi connectivity index (χ1) is 10.6. The molecule has 0 aliphatic carbocycles. The topological polar surface area (TPSA) is 32.3 Å². The highest BCUT2D eigenvalue weighted by Crippen LogP contribution is 2.11. The standard InChI is InChI=1S/C19H22N2O/c1-21(2)15-14-20-18-11-9-17(10-12-18)19(22)13-8-16-6-4-3-5-7-16/h3-13,20H,14-15H2,1-2H3/b13-8+. The second kappa shape index (κ2) is 8.15. The summed E-state index contributed by atoms with van der Waals surface area (Å²) >= 11 is 0. The Bertz CT molecular complexity index is 616. The average Bonchev–Trinajstić information content (AvgIpc) is 2.54. The number of hydrogen-bond donors (Lipinski definition) is 1.